The minimum Gasteiger partial charge on any atom is -0.451 e. The normalized spacial score (nSPS) is 24.7. The van der Waals surface area contributed by atoms with Crippen LogP contribution >= 0.6 is 0 Å². The molecular weight excluding hydrogens is 726 g/mol. The lowest BCUT2D eigenvalue weighted by Crippen LogP contribution is -2.62. The molecule has 1 aliphatic carbocycles. The van der Waals surface area contributed by atoms with Gasteiger partial charge < -0.3 is 24.4 Å². The van der Waals surface area contributed by atoms with Crippen LogP contribution in [0.5, 0.6) is 11.5 Å². The zero-order valence-corrected chi connectivity index (χ0v) is 35.5. The molecule has 0 bridgehead atoms. The van der Waals surface area contributed by atoms with Crippen LogP contribution in [0.15, 0.2) is 34.8 Å². The van der Waals surface area contributed by atoms with Crippen LogP contribution in [0.25, 0.3) is 0 Å². The molecule has 1 amide bonds. The van der Waals surface area contributed by atoms with E-state index in [2.05, 4.69) is 58.4 Å². The maximum Gasteiger partial charge on any atom is 0.258 e. The highest BCUT2D eigenvalue weighted by Gasteiger charge is 2.48. The summed E-state index contributed by atoms with van der Waals surface area (Å²) < 4.78 is 49.6. The van der Waals surface area contributed by atoms with Crippen molar-refractivity contribution >= 4 is 29.9 Å². The number of rotatable bonds is 12. The van der Waals surface area contributed by atoms with E-state index < -0.39 is 29.8 Å². The number of nitrogens with zero attached hydrogens (tertiary/aromatic N) is 6. The van der Waals surface area contributed by atoms with Gasteiger partial charge in [0.1, 0.15) is 27.8 Å². The van der Waals surface area contributed by atoms with Gasteiger partial charge in [-0.15, -0.1) is 0 Å². The number of hydrogen-bond donors (Lipinski definition) is 2. The lowest BCUT2D eigenvalue weighted by molar-refractivity contribution is -0.239. The lowest BCUT2D eigenvalue weighted by Gasteiger charge is -2.55. The van der Waals surface area contributed by atoms with Gasteiger partial charge in [-0.3, -0.25) is 13.7 Å². The number of hydrogen-bond acceptors (Lipinski definition) is 10. The minimum absolute atomic E-state index is 0.00910. The molecule has 300 valence electrons. The van der Waals surface area contributed by atoms with Gasteiger partial charge in [0, 0.05) is 43.1 Å². The van der Waals surface area contributed by atoms with E-state index in [1.54, 1.807) is 11.1 Å². The molecular formula is C39H62FN7O5SSi. The molecule has 1 aromatic heterocycles. The maximum atomic E-state index is 14.4. The molecule has 54 heavy (non-hydrogen) atoms. The van der Waals surface area contributed by atoms with Gasteiger partial charge in [0.25, 0.3) is 5.91 Å². The molecule has 3 aliphatic heterocycles. The SMILES string of the molecule is CC(C)N(C(=O)c1cc(F)ccc1Oc1cncnc1N1CC2(CCN(C[C@@]3(O)CC[C@@H](NS(=O)(=N[Si](C)(C)C(C)(C)C)C4CC4)CO3)CC2)C1)C(C)C. The fourth-order valence-corrected chi connectivity index (χ4v) is 14.0. The first-order valence-electron chi connectivity index (χ1n) is 19.7. The Morgan fingerprint density at radius 2 is 1.80 bits per heavy atom. The molecule has 1 aromatic carbocycles. The van der Waals surface area contributed by atoms with Gasteiger partial charge >= 0.3 is 0 Å². The number of carbonyl (C=O) groups is 1. The molecule has 4 aliphatic rings. The van der Waals surface area contributed by atoms with Crippen molar-refractivity contribution in [2.45, 2.75) is 134 Å². The van der Waals surface area contributed by atoms with Crippen molar-refractivity contribution in [3.63, 3.8) is 0 Å². The van der Waals surface area contributed by atoms with Gasteiger partial charge in [0.05, 0.1) is 30.2 Å². The standard InChI is InChI=1S/C39H62FN7O5SSi/c1-27(2)47(28(3)4)36(48)32-20-29(40)10-13-33(32)52-34-21-41-26-42-35(34)46-23-38(24-46)16-18-45(19-17-38)25-39(49)15-14-30(22-51-39)43-53(50,31-11-12-31)44-54(8,9)37(5,6)7/h10,13,20-21,26-28,30-31,49H,11-12,14-19,22-25H2,1-9H3,(H,43,44,50)/t30-,39-,53?/m1/s1. The Bertz CT molecular complexity index is 1780. The summed E-state index contributed by atoms with van der Waals surface area (Å²) in [6.45, 7) is 22.8. The Balaban J connectivity index is 1.03. The highest BCUT2D eigenvalue weighted by Crippen LogP contribution is 2.46. The summed E-state index contributed by atoms with van der Waals surface area (Å²) in [5.41, 5.74) is 0.275. The van der Waals surface area contributed by atoms with Crippen molar-refractivity contribution in [3.8, 4) is 11.5 Å². The number of anilines is 1. The number of carbonyl (C=O) groups excluding carboxylic acids is 1. The largest absolute Gasteiger partial charge is 0.451 e. The third kappa shape index (κ3) is 8.96. The number of benzene rings is 1. The van der Waals surface area contributed by atoms with Gasteiger partial charge in [-0.1, -0.05) is 20.8 Å². The number of likely N-dealkylation sites (tertiary alicyclic amines) is 1. The van der Waals surface area contributed by atoms with Crippen LogP contribution in [-0.4, -0.2) is 112 Å². The number of aliphatic hydroxyl groups is 1. The number of ether oxygens (including phenoxy) is 2. The van der Waals surface area contributed by atoms with Gasteiger partial charge in [0.2, 0.25) is 0 Å². The Morgan fingerprint density at radius 3 is 2.37 bits per heavy atom. The average Bonchev–Trinajstić information content (AvgIpc) is 3.92. The molecule has 2 N–H and O–H groups in total. The Hall–Kier alpha value is -2.69. The predicted octanol–water partition coefficient (Wildman–Crippen LogP) is 6.58. The van der Waals surface area contributed by atoms with Crippen molar-refractivity contribution in [2.75, 3.05) is 44.2 Å². The zero-order chi connectivity index (χ0) is 39.3. The molecule has 15 heteroatoms. The Morgan fingerprint density at radius 1 is 1.13 bits per heavy atom. The van der Waals surface area contributed by atoms with Crippen LogP contribution in [0.2, 0.25) is 18.1 Å². The summed E-state index contributed by atoms with van der Waals surface area (Å²) in [6, 6.07) is 3.76. The molecule has 1 spiro atoms. The quantitative estimate of drug-likeness (QED) is 0.229. The number of piperidine rings is 1. The molecule has 4 heterocycles. The molecule has 0 radical (unpaired) electrons. The second-order valence-corrected chi connectivity index (χ2v) is 25.7. The van der Waals surface area contributed by atoms with Crippen LogP contribution in [0.4, 0.5) is 10.2 Å². The number of amides is 1. The summed E-state index contributed by atoms with van der Waals surface area (Å²) in [5, 5.41) is 11.6. The van der Waals surface area contributed by atoms with E-state index in [1.807, 2.05) is 27.7 Å². The van der Waals surface area contributed by atoms with E-state index in [4.69, 9.17) is 13.5 Å². The topological polar surface area (TPSA) is 133 Å². The van der Waals surface area contributed by atoms with E-state index in [0.717, 1.165) is 51.9 Å². The molecule has 3 atom stereocenters. The van der Waals surface area contributed by atoms with Crippen molar-refractivity contribution in [1.29, 1.82) is 0 Å². The van der Waals surface area contributed by atoms with Crippen LogP contribution in [-0.2, 0) is 14.7 Å². The summed E-state index contributed by atoms with van der Waals surface area (Å²) in [4.78, 5) is 28.6. The Kier molecular flexibility index (Phi) is 11.6. The fraction of sp³-hybridized carbons (Fsp3) is 0.718. The zero-order valence-electron chi connectivity index (χ0n) is 33.7. The fourth-order valence-electron chi connectivity index (χ4n) is 7.79. The van der Waals surface area contributed by atoms with Crippen molar-refractivity contribution in [3.05, 3.63) is 42.1 Å². The summed E-state index contributed by atoms with van der Waals surface area (Å²) in [5.74, 6) is -0.728. The van der Waals surface area contributed by atoms with E-state index in [1.165, 1.54) is 24.5 Å². The monoisotopic (exact) mass is 787 g/mol. The van der Waals surface area contributed by atoms with E-state index in [9.17, 15) is 18.5 Å². The Labute approximate surface area is 323 Å². The molecule has 3 saturated heterocycles. The van der Waals surface area contributed by atoms with Gasteiger partial charge in [-0.05, 0) is 109 Å². The third-order valence-electron chi connectivity index (χ3n) is 12.1. The molecule has 1 saturated carbocycles. The van der Waals surface area contributed by atoms with E-state index >= 15 is 0 Å². The minimum atomic E-state index is -2.55. The molecule has 12 nitrogen and oxygen atoms in total. The van der Waals surface area contributed by atoms with Crippen molar-refractivity contribution in [1.82, 2.24) is 24.5 Å². The third-order valence-corrected chi connectivity index (χ3v) is 20.7. The first-order chi connectivity index (χ1) is 25.2. The van der Waals surface area contributed by atoms with Crippen LogP contribution in [0.3, 0.4) is 0 Å². The van der Waals surface area contributed by atoms with E-state index in [-0.39, 0.29) is 51.0 Å². The number of nitrogens with one attached hydrogen (secondary N) is 1. The van der Waals surface area contributed by atoms with Gasteiger partial charge in [-0.2, -0.15) is 0 Å². The average molecular weight is 788 g/mol. The molecule has 6 rings (SSSR count). The summed E-state index contributed by atoms with van der Waals surface area (Å²) in [6.07, 6.45) is 8.08. The van der Waals surface area contributed by atoms with E-state index in [0.29, 0.717) is 37.6 Å². The second kappa shape index (κ2) is 15.3. The van der Waals surface area contributed by atoms with Crippen molar-refractivity contribution in [2.24, 2.45) is 9.44 Å². The van der Waals surface area contributed by atoms with Crippen LogP contribution in [0, 0.1) is 11.2 Å². The van der Waals surface area contributed by atoms with Crippen LogP contribution in [0.1, 0.15) is 97.3 Å². The molecule has 1 unspecified atom stereocenters. The number of β-amino-alcohol motifs (C(OH)–C–C–N with tert-alkyl or cyclic N) is 1. The maximum absolute atomic E-state index is 14.4. The summed E-state index contributed by atoms with van der Waals surface area (Å²) in [7, 11) is -4.68. The second-order valence-electron chi connectivity index (χ2n) is 18.3. The first-order valence-corrected chi connectivity index (χ1v) is 24.2. The molecule has 2 aromatic rings. The van der Waals surface area contributed by atoms with Crippen molar-refractivity contribution < 1.29 is 28.0 Å². The summed E-state index contributed by atoms with van der Waals surface area (Å²) >= 11 is 0. The predicted molar refractivity (Wildman–Crippen MR) is 213 cm³/mol. The van der Waals surface area contributed by atoms with Gasteiger partial charge in [-0.25, -0.2) is 23.3 Å². The highest BCUT2D eigenvalue weighted by atomic mass is 32.2. The highest BCUT2D eigenvalue weighted by molar-refractivity contribution is 7.93. The van der Waals surface area contributed by atoms with Gasteiger partial charge in [0.15, 0.2) is 25.6 Å². The number of aromatic nitrogens is 2. The molecule has 4 fully saturated rings. The van der Waals surface area contributed by atoms with Crippen LogP contribution < -0.4 is 14.4 Å². The number of halogens is 1. The lowest BCUT2D eigenvalue weighted by atomic mass is 9.72. The smallest absolute Gasteiger partial charge is 0.258 e. The first kappa shape index (κ1) is 41.0.